The highest BCUT2D eigenvalue weighted by Gasteiger charge is 2.32. The zero-order chi connectivity index (χ0) is 23.5. The molecule has 1 heterocycles. The summed E-state index contributed by atoms with van der Waals surface area (Å²) in [6.45, 7) is 7.82. The Kier molecular flexibility index (Phi) is 7.48. The molecule has 0 radical (unpaired) electrons. The van der Waals surface area contributed by atoms with E-state index < -0.39 is 22.6 Å². The number of carbonyl (C=O) groups excluding carboxylic acids is 2. The maximum absolute atomic E-state index is 13.0. The molecular weight excluding hydrogens is 430 g/mol. The van der Waals surface area contributed by atoms with Crippen molar-refractivity contribution in [3.63, 3.8) is 0 Å². The Bertz CT molecular complexity index is 1070. The third kappa shape index (κ3) is 5.62. The lowest BCUT2D eigenvalue weighted by atomic mass is 10.0. The average Bonchev–Trinajstić information content (AvgIpc) is 2.76. The lowest BCUT2D eigenvalue weighted by Gasteiger charge is -2.34. The van der Waals surface area contributed by atoms with Crippen LogP contribution in [0.4, 0.5) is 0 Å². The molecule has 1 saturated heterocycles. The summed E-state index contributed by atoms with van der Waals surface area (Å²) in [7, 11) is -3.79. The Labute approximate surface area is 189 Å². The molecule has 172 valence electrons. The van der Waals surface area contributed by atoms with Gasteiger partial charge in [-0.3, -0.25) is 4.79 Å². The third-order valence-corrected chi connectivity index (χ3v) is 7.15. The largest absolute Gasteiger partial charge is 0.454 e. The number of morpholine rings is 1. The van der Waals surface area contributed by atoms with Crippen molar-refractivity contribution >= 4 is 21.8 Å². The number of ether oxygens (including phenoxy) is 2. The molecule has 2 aromatic carbocycles. The first-order chi connectivity index (χ1) is 15.1. The number of carbonyl (C=O) groups is 2. The van der Waals surface area contributed by atoms with E-state index >= 15 is 0 Å². The van der Waals surface area contributed by atoms with Crippen LogP contribution in [0.3, 0.4) is 0 Å². The van der Waals surface area contributed by atoms with E-state index in [1.54, 1.807) is 12.1 Å². The van der Waals surface area contributed by atoms with E-state index in [1.807, 2.05) is 26.0 Å². The van der Waals surface area contributed by atoms with Gasteiger partial charge in [0, 0.05) is 18.7 Å². The van der Waals surface area contributed by atoms with E-state index in [0.717, 1.165) is 5.56 Å². The molecule has 0 bridgehead atoms. The number of benzene rings is 2. The summed E-state index contributed by atoms with van der Waals surface area (Å²) in [5.74, 6) is -0.726. The van der Waals surface area contributed by atoms with Crippen LogP contribution in [0.5, 0.6) is 0 Å². The fraction of sp³-hybridized carbons (Fsp3) is 0.417. The minimum atomic E-state index is -3.79. The molecule has 2 atom stereocenters. The van der Waals surface area contributed by atoms with Gasteiger partial charge in [0.15, 0.2) is 12.4 Å². The predicted octanol–water partition coefficient (Wildman–Crippen LogP) is 3.65. The standard InChI is InChI=1S/C24H29NO6S/c1-16(2)19-8-10-20(11-9-19)23(26)15-30-24(27)21-6-5-7-22(12-21)32(28,29)25-13-17(3)31-18(4)14-25/h5-12,16-18H,13-15H2,1-4H3. The number of hydrogen-bond donors (Lipinski definition) is 0. The Morgan fingerprint density at radius 1 is 1.03 bits per heavy atom. The van der Waals surface area contributed by atoms with Crippen molar-refractivity contribution in [2.75, 3.05) is 19.7 Å². The highest BCUT2D eigenvalue weighted by atomic mass is 32.2. The van der Waals surface area contributed by atoms with E-state index in [4.69, 9.17) is 9.47 Å². The van der Waals surface area contributed by atoms with Crippen LogP contribution in [-0.2, 0) is 19.5 Å². The molecule has 8 heteroatoms. The predicted molar refractivity (Wildman–Crippen MR) is 120 cm³/mol. The van der Waals surface area contributed by atoms with Gasteiger partial charge in [-0.25, -0.2) is 13.2 Å². The fourth-order valence-electron chi connectivity index (χ4n) is 3.61. The average molecular weight is 460 g/mol. The van der Waals surface area contributed by atoms with Crippen molar-refractivity contribution in [3.8, 4) is 0 Å². The second kappa shape index (κ2) is 9.94. The number of nitrogens with zero attached hydrogens (tertiary/aromatic N) is 1. The van der Waals surface area contributed by atoms with Gasteiger partial charge < -0.3 is 9.47 Å². The zero-order valence-electron chi connectivity index (χ0n) is 18.8. The molecule has 0 saturated carbocycles. The molecule has 1 fully saturated rings. The summed E-state index contributed by atoms with van der Waals surface area (Å²) in [6.07, 6.45) is -0.440. The Morgan fingerprint density at radius 2 is 1.66 bits per heavy atom. The Morgan fingerprint density at radius 3 is 2.25 bits per heavy atom. The van der Waals surface area contributed by atoms with Crippen LogP contribution in [0.15, 0.2) is 53.4 Å². The molecule has 0 aliphatic carbocycles. The van der Waals surface area contributed by atoms with E-state index in [1.165, 1.54) is 28.6 Å². The van der Waals surface area contributed by atoms with Crippen LogP contribution in [-0.4, -0.2) is 56.4 Å². The summed E-state index contributed by atoms with van der Waals surface area (Å²) in [4.78, 5) is 24.8. The second-order valence-electron chi connectivity index (χ2n) is 8.38. The topological polar surface area (TPSA) is 90.0 Å². The smallest absolute Gasteiger partial charge is 0.338 e. The molecule has 1 aliphatic heterocycles. The Hall–Kier alpha value is -2.55. The van der Waals surface area contributed by atoms with E-state index in [-0.39, 0.29) is 41.5 Å². The van der Waals surface area contributed by atoms with Crippen LogP contribution < -0.4 is 0 Å². The minimum absolute atomic E-state index is 0.00357. The highest BCUT2D eigenvalue weighted by molar-refractivity contribution is 7.89. The van der Waals surface area contributed by atoms with Crippen LogP contribution in [0.1, 0.15) is 59.9 Å². The number of Topliss-reactive ketones (excluding diaryl/α,β-unsaturated/α-hetero) is 1. The maximum Gasteiger partial charge on any atom is 0.338 e. The summed E-state index contributed by atoms with van der Waals surface area (Å²) in [6, 6.07) is 12.9. The molecule has 3 rings (SSSR count). The van der Waals surface area contributed by atoms with Crippen molar-refractivity contribution in [2.45, 2.75) is 50.7 Å². The second-order valence-corrected chi connectivity index (χ2v) is 10.3. The van der Waals surface area contributed by atoms with Gasteiger partial charge in [-0.2, -0.15) is 4.31 Å². The molecule has 1 aliphatic rings. The summed E-state index contributed by atoms with van der Waals surface area (Å²) < 4.78 is 38.2. The van der Waals surface area contributed by atoms with Crippen LogP contribution in [0, 0.1) is 0 Å². The molecule has 2 aromatic rings. The lowest BCUT2D eigenvalue weighted by molar-refractivity contribution is -0.0440. The van der Waals surface area contributed by atoms with E-state index in [2.05, 4.69) is 13.8 Å². The number of ketones is 1. The molecule has 0 N–H and O–H groups in total. The zero-order valence-corrected chi connectivity index (χ0v) is 19.6. The monoisotopic (exact) mass is 459 g/mol. The first-order valence-corrected chi connectivity index (χ1v) is 12.1. The van der Waals surface area contributed by atoms with E-state index in [9.17, 15) is 18.0 Å². The van der Waals surface area contributed by atoms with Gasteiger partial charge in [-0.15, -0.1) is 0 Å². The van der Waals surface area contributed by atoms with Gasteiger partial charge in [0.05, 0.1) is 22.7 Å². The van der Waals surface area contributed by atoms with Crippen molar-refractivity contribution in [3.05, 3.63) is 65.2 Å². The lowest BCUT2D eigenvalue weighted by Crippen LogP contribution is -2.48. The number of rotatable bonds is 7. The van der Waals surface area contributed by atoms with Gasteiger partial charge in [-0.1, -0.05) is 44.2 Å². The first-order valence-electron chi connectivity index (χ1n) is 10.6. The van der Waals surface area contributed by atoms with Gasteiger partial charge in [0.1, 0.15) is 0 Å². The van der Waals surface area contributed by atoms with Crippen molar-refractivity contribution < 1.29 is 27.5 Å². The number of sulfonamides is 1. The van der Waals surface area contributed by atoms with Gasteiger partial charge in [-0.05, 0) is 43.5 Å². The number of esters is 1. The molecule has 0 aromatic heterocycles. The van der Waals surface area contributed by atoms with Crippen molar-refractivity contribution in [1.82, 2.24) is 4.31 Å². The Balaban J connectivity index is 1.68. The molecule has 2 unspecified atom stereocenters. The molecule has 7 nitrogen and oxygen atoms in total. The highest BCUT2D eigenvalue weighted by Crippen LogP contribution is 2.22. The number of hydrogen-bond acceptors (Lipinski definition) is 6. The quantitative estimate of drug-likeness (QED) is 0.464. The first kappa shape index (κ1) is 24.1. The molecular formula is C24H29NO6S. The summed E-state index contributed by atoms with van der Waals surface area (Å²) in [5, 5.41) is 0. The summed E-state index contributed by atoms with van der Waals surface area (Å²) >= 11 is 0. The van der Waals surface area contributed by atoms with Crippen LogP contribution in [0.2, 0.25) is 0 Å². The van der Waals surface area contributed by atoms with Crippen LogP contribution in [0.25, 0.3) is 0 Å². The maximum atomic E-state index is 13.0. The molecule has 32 heavy (non-hydrogen) atoms. The van der Waals surface area contributed by atoms with Crippen molar-refractivity contribution in [2.24, 2.45) is 0 Å². The fourth-order valence-corrected chi connectivity index (χ4v) is 5.25. The van der Waals surface area contributed by atoms with E-state index in [0.29, 0.717) is 11.5 Å². The van der Waals surface area contributed by atoms with Gasteiger partial charge in [0.2, 0.25) is 10.0 Å². The van der Waals surface area contributed by atoms with Gasteiger partial charge in [0.25, 0.3) is 0 Å². The van der Waals surface area contributed by atoms with Crippen LogP contribution >= 0.6 is 0 Å². The summed E-state index contributed by atoms with van der Waals surface area (Å²) in [5.41, 5.74) is 1.64. The minimum Gasteiger partial charge on any atom is -0.454 e. The van der Waals surface area contributed by atoms with Gasteiger partial charge >= 0.3 is 5.97 Å². The third-order valence-electron chi connectivity index (χ3n) is 5.33. The SMILES string of the molecule is CC1CN(S(=O)(=O)c2cccc(C(=O)OCC(=O)c3ccc(C(C)C)cc3)c2)CC(C)O1. The van der Waals surface area contributed by atoms with Crippen molar-refractivity contribution in [1.29, 1.82) is 0 Å². The molecule has 0 amide bonds. The molecule has 0 spiro atoms. The normalized spacial score (nSPS) is 19.7.